The third kappa shape index (κ3) is 2.82. The zero-order chi connectivity index (χ0) is 13.1. The first-order chi connectivity index (χ1) is 8.61. The summed E-state index contributed by atoms with van der Waals surface area (Å²) < 4.78 is 4.29. The summed E-state index contributed by atoms with van der Waals surface area (Å²) in [5, 5.41) is 4.56. The van der Waals surface area contributed by atoms with Crippen molar-refractivity contribution in [1.82, 2.24) is 9.78 Å². The Morgan fingerprint density at radius 2 is 2.28 bits per heavy atom. The predicted molar refractivity (Wildman–Crippen MR) is 73.0 cm³/mol. The molecule has 2 rings (SSSR count). The zero-order valence-electron chi connectivity index (χ0n) is 11.9. The van der Waals surface area contributed by atoms with Crippen LogP contribution in [0.15, 0.2) is 25.3 Å². The summed E-state index contributed by atoms with van der Waals surface area (Å²) >= 11 is 0. The fourth-order valence-electron chi connectivity index (χ4n) is 3.21. The van der Waals surface area contributed by atoms with Gasteiger partial charge in [0.2, 0.25) is 6.33 Å². The Hall–Kier alpha value is -1.12. The molecule has 0 radical (unpaired) electrons. The van der Waals surface area contributed by atoms with Crippen LogP contribution in [0.1, 0.15) is 46.1 Å². The lowest BCUT2D eigenvalue weighted by Gasteiger charge is -2.34. The van der Waals surface area contributed by atoms with Gasteiger partial charge < -0.3 is 0 Å². The number of nitrogens with zero attached hydrogens (tertiary/aromatic N) is 3. The van der Waals surface area contributed by atoms with Gasteiger partial charge in [-0.05, 0) is 30.6 Å². The second-order valence-electron chi connectivity index (χ2n) is 6.11. The van der Waals surface area contributed by atoms with E-state index in [4.69, 9.17) is 0 Å². The quantitative estimate of drug-likeness (QED) is 0.593. The third-order valence-corrected chi connectivity index (χ3v) is 4.27. The Labute approximate surface area is 111 Å². The van der Waals surface area contributed by atoms with Crippen molar-refractivity contribution in [2.45, 2.75) is 52.6 Å². The van der Waals surface area contributed by atoms with Crippen molar-refractivity contribution in [2.24, 2.45) is 17.8 Å². The molecule has 0 bridgehead atoms. The Morgan fingerprint density at radius 3 is 2.94 bits per heavy atom. The third-order valence-electron chi connectivity index (χ3n) is 4.27. The molecule has 1 saturated carbocycles. The highest BCUT2D eigenvalue weighted by atomic mass is 15.4. The predicted octanol–water partition coefficient (Wildman–Crippen LogP) is 2.99. The Balaban J connectivity index is 2.17. The molecule has 3 atom stereocenters. The van der Waals surface area contributed by atoms with E-state index in [1.165, 1.54) is 19.3 Å². The van der Waals surface area contributed by atoms with Gasteiger partial charge in [0.15, 0.2) is 0 Å². The SMILES string of the molecule is C=CC[n+]1cnn(C2C[C@@H](C)CCC2C(C)C)c1. The van der Waals surface area contributed by atoms with Crippen LogP contribution < -0.4 is 4.57 Å². The molecule has 1 fully saturated rings. The highest BCUT2D eigenvalue weighted by Gasteiger charge is 2.35. The van der Waals surface area contributed by atoms with Gasteiger partial charge in [0.1, 0.15) is 6.04 Å². The van der Waals surface area contributed by atoms with Gasteiger partial charge >= 0.3 is 0 Å². The van der Waals surface area contributed by atoms with E-state index in [1.807, 2.05) is 12.4 Å². The molecule has 100 valence electrons. The number of hydrogen-bond donors (Lipinski definition) is 0. The summed E-state index contributed by atoms with van der Waals surface area (Å²) in [7, 11) is 0. The maximum absolute atomic E-state index is 4.56. The first-order valence-corrected chi connectivity index (χ1v) is 7.16. The normalized spacial score (nSPS) is 28.6. The van der Waals surface area contributed by atoms with Crippen LogP contribution in [-0.2, 0) is 6.54 Å². The van der Waals surface area contributed by atoms with Crippen molar-refractivity contribution in [2.75, 3.05) is 0 Å². The molecule has 2 unspecified atom stereocenters. The Kier molecular flexibility index (Phi) is 4.20. The van der Waals surface area contributed by atoms with Crippen LogP contribution in [0, 0.1) is 17.8 Å². The summed E-state index contributed by atoms with van der Waals surface area (Å²) in [6.07, 6.45) is 9.93. The summed E-state index contributed by atoms with van der Waals surface area (Å²) in [5.41, 5.74) is 0. The minimum absolute atomic E-state index is 0.569. The van der Waals surface area contributed by atoms with E-state index in [0.717, 1.165) is 24.3 Å². The number of rotatable bonds is 4. The smallest absolute Gasteiger partial charge is 0.234 e. The fourth-order valence-corrected chi connectivity index (χ4v) is 3.21. The van der Waals surface area contributed by atoms with E-state index >= 15 is 0 Å². The molecule has 0 aromatic carbocycles. The highest BCUT2D eigenvalue weighted by Crippen LogP contribution is 2.40. The standard InChI is InChI=1S/C15H26N3/c1-5-8-17-10-16-18(11-17)15-9-13(4)6-7-14(15)12(2)3/h5,10-15H,1,6-9H2,2-4H3/q+1/t13-,14?,15?/m0/s1. The van der Waals surface area contributed by atoms with Crippen LogP contribution >= 0.6 is 0 Å². The second kappa shape index (κ2) is 5.68. The van der Waals surface area contributed by atoms with Crippen LogP contribution in [0.2, 0.25) is 0 Å². The molecule has 1 aromatic heterocycles. The van der Waals surface area contributed by atoms with Crippen molar-refractivity contribution in [3.05, 3.63) is 25.3 Å². The first-order valence-electron chi connectivity index (χ1n) is 7.16. The molecule has 1 heterocycles. The maximum Gasteiger partial charge on any atom is 0.265 e. The van der Waals surface area contributed by atoms with Crippen LogP contribution in [0.25, 0.3) is 0 Å². The van der Waals surface area contributed by atoms with Gasteiger partial charge in [-0.25, -0.2) is 4.57 Å². The molecule has 18 heavy (non-hydrogen) atoms. The molecule has 3 nitrogen and oxygen atoms in total. The van der Waals surface area contributed by atoms with Crippen molar-refractivity contribution in [1.29, 1.82) is 0 Å². The lowest BCUT2D eigenvalue weighted by atomic mass is 9.74. The van der Waals surface area contributed by atoms with Gasteiger partial charge in [0.05, 0.1) is 6.54 Å². The number of hydrogen-bond acceptors (Lipinski definition) is 1. The molecule has 0 saturated heterocycles. The maximum atomic E-state index is 4.56. The average Bonchev–Trinajstić information content (AvgIpc) is 2.77. The molecule has 0 amide bonds. The number of aromatic nitrogens is 3. The van der Waals surface area contributed by atoms with Crippen molar-refractivity contribution >= 4 is 0 Å². The molecule has 0 aliphatic heterocycles. The van der Waals surface area contributed by atoms with Crippen LogP contribution in [0.5, 0.6) is 0 Å². The van der Waals surface area contributed by atoms with Gasteiger partial charge in [0.25, 0.3) is 6.33 Å². The van der Waals surface area contributed by atoms with E-state index < -0.39 is 0 Å². The topological polar surface area (TPSA) is 21.7 Å². The van der Waals surface area contributed by atoms with Gasteiger partial charge in [-0.2, -0.15) is 0 Å². The number of allylic oxidation sites excluding steroid dienone is 1. The lowest BCUT2D eigenvalue weighted by molar-refractivity contribution is -0.687. The van der Waals surface area contributed by atoms with Crippen LogP contribution in [0.4, 0.5) is 0 Å². The minimum atomic E-state index is 0.569. The van der Waals surface area contributed by atoms with Crippen LogP contribution in [0.3, 0.4) is 0 Å². The molecule has 3 heteroatoms. The van der Waals surface area contributed by atoms with Gasteiger partial charge in [0, 0.05) is 5.10 Å². The van der Waals surface area contributed by atoms with E-state index in [9.17, 15) is 0 Å². The van der Waals surface area contributed by atoms with E-state index in [-0.39, 0.29) is 0 Å². The van der Waals surface area contributed by atoms with E-state index in [1.54, 1.807) is 0 Å². The van der Waals surface area contributed by atoms with Crippen molar-refractivity contribution in [3.8, 4) is 0 Å². The molecule has 0 spiro atoms. The summed E-state index contributed by atoms with van der Waals surface area (Å²) in [4.78, 5) is 0. The van der Waals surface area contributed by atoms with Crippen molar-refractivity contribution < 1.29 is 4.57 Å². The van der Waals surface area contributed by atoms with Gasteiger partial charge in [-0.1, -0.05) is 39.8 Å². The van der Waals surface area contributed by atoms with Crippen molar-refractivity contribution in [3.63, 3.8) is 0 Å². The lowest BCUT2D eigenvalue weighted by Crippen LogP contribution is -2.33. The van der Waals surface area contributed by atoms with Gasteiger partial charge in [-0.15, -0.1) is 4.68 Å². The monoisotopic (exact) mass is 248 g/mol. The van der Waals surface area contributed by atoms with E-state index in [2.05, 4.69) is 48.0 Å². The Bertz CT molecular complexity index is 394. The molecular formula is C15H26N3+. The molecule has 1 aromatic rings. The zero-order valence-corrected chi connectivity index (χ0v) is 11.9. The fraction of sp³-hybridized carbons (Fsp3) is 0.733. The summed E-state index contributed by atoms with van der Waals surface area (Å²) in [5.74, 6) is 2.32. The van der Waals surface area contributed by atoms with Crippen LogP contribution in [-0.4, -0.2) is 9.78 Å². The first kappa shape index (κ1) is 13.3. The average molecular weight is 248 g/mol. The highest BCUT2D eigenvalue weighted by molar-refractivity contribution is 4.83. The largest absolute Gasteiger partial charge is 0.265 e. The summed E-state index contributed by atoms with van der Waals surface area (Å²) in [6.45, 7) is 11.7. The second-order valence-corrected chi connectivity index (χ2v) is 6.11. The molecular weight excluding hydrogens is 222 g/mol. The summed E-state index contributed by atoms with van der Waals surface area (Å²) in [6, 6.07) is 0.569. The van der Waals surface area contributed by atoms with E-state index in [0.29, 0.717) is 6.04 Å². The molecule has 0 N–H and O–H groups in total. The molecule has 1 aliphatic carbocycles. The molecule has 1 aliphatic rings. The van der Waals surface area contributed by atoms with Gasteiger partial charge in [-0.3, -0.25) is 0 Å². The Morgan fingerprint density at radius 1 is 1.50 bits per heavy atom. The minimum Gasteiger partial charge on any atom is -0.234 e.